The summed E-state index contributed by atoms with van der Waals surface area (Å²) >= 11 is 1.64. The number of thiophene rings is 1. The zero-order chi connectivity index (χ0) is 24.9. The second-order valence-corrected chi connectivity index (χ2v) is 10.6. The number of piperidine rings is 1. The van der Waals surface area contributed by atoms with Crippen molar-refractivity contribution >= 4 is 32.8 Å². The monoisotopic (exact) mass is 505 g/mol. The quantitative estimate of drug-likeness (QED) is 0.379. The molecule has 5 rings (SSSR count). The average molecular weight is 506 g/mol. The van der Waals surface area contributed by atoms with Gasteiger partial charge in [0, 0.05) is 39.8 Å². The van der Waals surface area contributed by atoms with Crippen molar-refractivity contribution in [1.82, 2.24) is 4.90 Å². The molecule has 1 saturated heterocycles. The Hall–Kier alpha value is -2.51. The van der Waals surface area contributed by atoms with Crippen LogP contribution in [-0.2, 0) is 9.47 Å². The van der Waals surface area contributed by atoms with E-state index in [4.69, 9.17) is 14.2 Å². The first-order chi connectivity index (χ1) is 17.7. The zero-order valence-electron chi connectivity index (χ0n) is 21.2. The lowest BCUT2D eigenvalue weighted by Crippen LogP contribution is -2.33. The number of ketones is 1. The maximum Gasteiger partial charge on any atom is 0.194 e. The second-order valence-electron chi connectivity index (χ2n) is 9.59. The molecule has 3 aliphatic rings. The molecule has 0 bridgehead atoms. The Labute approximate surface area is 217 Å². The Morgan fingerprint density at radius 3 is 2.53 bits per heavy atom. The molecule has 2 aliphatic carbocycles. The second kappa shape index (κ2) is 11.7. The number of likely N-dealkylation sites (tertiary alicyclic amines) is 1. The number of fused-ring (bicyclic) bond motifs is 1. The highest BCUT2D eigenvalue weighted by molar-refractivity contribution is 7.20. The molecule has 2 atom stereocenters. The summed E-state index contributed by atoms with van der Waals surface area (Å²) in [5.41, 5.74) is 2.58. The van der Waals surface area contributed by atoms with Crippen molar-refractivity contribution < 1.29 is 19.0 Å². The lowest BCUT2D eigenvalue weighted by molar-refractivity contribution is 0.0609. The molecule has 190 valence electrons. The Balaban J connectivity index is 1.33. The zero-order valence-corrected chi connectivity index (χ0v) is 22.0. The predicted molar refractivity (Wildman–Crippen MR) is 147 cm³/mol. The smallest absolute Gasteiger partial charge is 0.194 e. The number of benzene rings is 1. The third-order valence-corrected chi connectivity index (χ3v) is 8.46. The van der Waals surface area contributed by atoms with Crippen LogP contribution < -0.4 is 4.74 Å². The lowest BCUT2D eigenvalue weighted by atomic mass is 9.92. The first kappa shape index (κ1) is 25.2. The molecule has 1 aromatic carbocycles. The minimum absolute atomic E-state index is 0.0317. The normalized spacial score (nSPS) is 22.5. The first-order valence-corrected chi connectivity index (χ1v) is 13.8. The fraction of sp³-hybridized carbons (Fsp3) is 0.433. The van der Waals surface area contributed by atoms with Gasteiger partial charge in [0.05, 0.1) is 25.9 Å². The molecule has 0 spiro atoms. The lowest BCUT2D eigenvalue weighted by Gasteiger charge is -2.27. The molecule has 0 amide bonds. The van der Waals surface area contributed by atoms with E-state index >= 15 is 0 Å². The highest BCUT2D eigenvalue weighted by Gasteiger charge is 2.25. The largest absolute Gasteiger partial charge is 0.497 e. The molecule has 2 heterocycles. The van der Waals surface area contributed by atoms with Gasteiger partial charge in [0.1, 0.15) is 5.75 Å². The van der Waals surface area contributed by atoms with Crippen molar-refractivity contribution in [1.29, 1.82) is 0 Å². The number of rotatable bonds is 9. The van der Waals surface area contributed by atoms with Gasteiger partial charge < -0.3 is 19.1 Å². The third-order valence-electron chi connectivity index (χ3n) is 7.26. The first-order valence-electron chi connectivity index (χ1n) is 13.0. The molecular formula is C30H35NO4S. The van der Waals surface area contributed by atoms with Crippen LogP contribution in [0.4, 0.5) is 0 Å². The summed E-state index contributed by atoms with van der Waals surface area (Å²) in [6.07, 6.45) is 17.9. The standard InChI is InChI=1S/C30H35NO4S/c1-33-23-10-8-22(9-11-23)30-28(26-15-14-25(34-2)20-27(26)36-30)29(32)21-6-12-24(13-7-21)35-19-18-31-16-4-3-5-17-31/h6-10,12,14-15,20,23-24H,3-5,11,13,16-19H2,1-2H3. The third kappa shape index (κ3) is 5.57. The van der Waals surface area contributed by atoms with Crippen LogP contribution in [0.15, 0.2) is 60.2 Å². The van der Waals surface area contributed by atoms with Gasteiger partial charge in [-0.15, -0.1) is 11.3 Å². The van der Waals surface area contributed by atoms with E-state index < -0.39 is 0 Å². The SMILES string of the molecule is COc1ccc2c(C(=O)C3=CCC(OCCN4CCCCC4)C=C3)c(C3=CCC(OC)C=C3)sc2c1. The molecule has 1 aliphatic heterocycles. The van der Waals surface area contributed by atoms with E-state index in [1.165, 1.54) is 32.4 Å². The van der Waals surface area contributed by atoms with Gasteiger partial charge in [0.15, 0.2) is 5.78 Å². The van der Waals surface area contributed by atoms with E-state index in [0.717, 1.165) is 63.4 Å². The molecule has 36 heavy (non-hydrogen) atoms. The van der Waals surface area contributed by atoms with Crippen LogP contribution in [0.1, 0.15) is 47.3 Å². The number of hydrogen-bond donors (Lipinski definition) is 0. The fourth-order valence-electron chi connectivity index (χ4n) is 5.13. The van der Waals surface area contributed by atoms with Gasteiger partial charge in [-0.3, -0.25) is 4.79 Å². The number of carbonyl (C=O) groups is 1. The van der Waals surface area contributed by atoms with Crippen molar-refractivity contribution in [2.24, 2.45) is 0 Å². The minimum Gasteiger partial charge on any atom is -0.497 e. The van der Waals surface area contributed by atoms with Gasteiger partial charge in [-0.05, 0) is 62.5 Å². The van der Waals surface area contributed by atoms with E-state index in [0.29, 0.717) is 0 Å². The molecule has 0 radical (unpaired) electrons. The van der Waals surface area contributed by atoms with E-state index in [2.05, 4.69) is 23.1 Å². The van der Waals surface area contributed by atoms with E-state index in [-0.39, 0.29) is 18.0 Å². The summed E-state index contributed by atoms with van der Waals surface area (Å²) in [6.45, 7) is 4.09. The number of carbonyl (C=O) groups excluding carboxylic acids is 1. The topological polar surface area (TPSA) is 48.0 Å². The number of nitrogens with zero attached hydrogens (tertiary/aromatic N) is 1. The molecule has 0 saturated carbocycles. The van der Waals surface area contributed by atoms with Gasteiger partial charge in [0.2, 0.25) is 0 Å². The van der Waals surface area contributed by atoms with Crippen LogP contribution in [0, 0.1) is 0 Å². The summed E-state index contributed by atoms with van der Waals surface area (Å²) in [6, 6.07) is 5.95. The van der Waals surface area contributed by atoms with Crippen LogP contribution in [0.5, 0.6) is 5.75 Å². The summed E-state index contributed by atoms with van der Waals surface area (Å²) < 4.78 is 18.1. The number of hydrogen-bond acceptors (Lipinski definition) is 6. The molecule has 0 N–H and O–H groups in total. The van der Waals surface area contributed by atoms with Crippen molar-refractivity contribution in [2.75, 3.05) is 40.5 Å². The highest BCUT2D eigenvalue weighted by Crippen LogP contribution is 2.40. The molecule has 2 aromatic rings. The molecule has 1 fully saturated rings. The fourth-order valence-corrected chi connectivity index (χ4v) is 6.38. The van der Waals surface area contributed by atoms with E-state index in [9.17, 15) is 4.79 Å². The summed E-state index contributed by atoms with van der Waals surface area (Å²) in [4.78, 5) is 17.4. The van der Waals surface area contributed by atoms with Crippen molar-refractivity contribution in [3.63, 3.8) is 0 Å². The van der Waals surface area contributed by atoms with Gasteiger partial charge in [0.25, 0.3) is 0 Å². The summed E-state index contributed by atoms with van der Waals surface area (Å²) in [7, 11) is 3.39. The maximum absolute atomic E-state index is 13.9. The number of Topliss-reactive ketones (excluding diaryl/α,β-unsaturated/α-hetero) is 1. The van der Waals surface area contributed by atoms with Gasteiger partial charge in [-0.1, -0.05) is 42.9 Å². The van der Waals surface area contributed by atoms with Crippen LogP contribution in [0.2, 0.25) is 0 Å². The molecule has 1 aromatic heterocycles. The van der Waals surface area contributed by atoms with Gasteiger partial charge >= 0.3 is 0 Å². The minimum atomic E-state index is 0.0317. The maximum atomic E-state index is 13.9. The van der Waals surface area contributed by atoms with Gasteiger partial charge in [-0.2, -0.15) is 0 Å². The van der Waals surface area contributed by atoms with Crippen molar-refractivity contribution in [3.05, 3.63) is 70.7 Å². The summed E-state index contributed by atoms with van der Waals surface area (Å²) in [5, 5.41) is 0.971. The highest BCUT2D eigenvalue weighted by atomic mass is 32.1. The Bertz CT molecular complexity index is 1220. The van der Waals surface area contributed by atoms with Gasteiger partial charge in [-0.25, -0.2) is 0 Å². The van der Waals surface area contributed by atoms with Crippen molar-refractivity contribution in [3.8, 4) is 5.75 Å². The molecule has 6 heteroatoms. The van der Waals surface area contributed by atoms with Crippen LogP contribution in [-0.4, -0.2) is 63.4 Å². The average Bonchev–Trinajstić information content (AvgIpc) is 3.32. The summed E-state index contributed by atoms with van der Waals surface area (Å²) in [5.74, 6) is 0.857. The molecule has 2 unspecified atom stereocenters. The number of ether oxygens (including phenoxy) is 3. The molecular weight excluding hydrogens is 470 g/mol. The number of allylic oxidation sites excluding steroid dienone is 4. The molecule has 5 nitrogen and oxygen atoms in total. The Kier molecular flexibility index (Phi) is 8.17. The van der Waals surface area contributed by atoms with E-state index in [1.807, 2.05) is 36.4 Å². The van der Waals surface area contributed by atoms with E-state index in [1.54, 1.807) is 25.6 Å². The van der Waals surface area contributed by atoms with Crippen LogP contribution in [0.3, 0.4) is 0 Å². The predicted octanol–water partition coefficient (Wildman–Crippen LogP) is 6.21. The number of methoxy groups -OCH3 is 2. The van der Waals surface area contributed by atoms with Crippen molar-refractivity contribution in [2.45, 2.75) is 44.3 Å². The van der Waals surface area contributed by atoms with Crippen LogP contribution in [0.25, 0.3) is 15.7 Å². The Morgan fingerprint density at radius 1 is 1.03 bits per heavy atom. The van der Waals surface area contributed by atoms with Crippen LogP contribution >= 0.6 is 11.3 Å². The Morgan fingerprint density at radius 2 is 1.83 bits per heavy atom.